The van der Waals surface area contributed by atoms with Gasteiger partial charge in [-0.2, -0.15) is 5.26 Å². The lowest BCUT2D eigenvalue weighted by Gasteiger charge is -2.58. The number of nitriles is 1. The van der Waals surface area contributed by atoms with Gasteiger partial charge in [0.1, 0.15) is 22.8 Å². The zero-order chi connectivity index (χ0) is 37.2. The van der Waals surface area contributed by atoms with Crippen LogP contribution >= 0.6 is 0 Å². The minimum Gasteiger partial charge on any atom is -0.509 e. The molecule has 1 amide bonds. The van der Waals surface area contributed by atoms with E-state index in [-0.39, 0.29) is 17.7 Å². The molecule has 0 heterocycles. The molecule has 1 fully saturated rings. The molecule has 3 aliphatic carbocycles. The molecular formula is C39H44N6O6. The molecule has 12 heteroatoms. The first-order chi connectivity index (χ1) is 24.1. The Hall–Kier alpha value is -5.06. The maximum atomic E-state index is 14.7. The maximum absolute atomic E-state index is 14.7. The molecule has 0 unspecified atom stereocenters. The van der Waals surface area contributed by atoms with Crippen LogP contribution in [-0.2, 0) is 27.3 Å². The van der Waals surface area contributed by atoms with Crippen LogP contribution in [0.25, 0.3) is 27.7 Å². The fourth-order valence-corrected chi connectivity index (χ4v) is 8.96. The van der Waals surface area contributed by atoms with Crippen LogP contribution in [0.4, 0.5) is 0 Å². The number of hydrogen-bond acceptors (Lipinski definition) is 11. The van der Waals surface area contributed by atoms with Crippen LogP contribution in [0.2, 0.25) is 0 Å². The van der Waals surface area contributed by atoms with Crippen molar-refractivity contribution in [1.29, 1.82) is 5.26 Å². The van der Waals surface area contributed by atoms with Crippen LogP contribution in [0.5, 0.6) is 5.75 Å². The number of amides is 1. The van der Waals surface area contributed by atoms with Gasteiger partial charge in [0.2, 0.25) is 0 Å². The summed E-state index contributed by atoms with van der Waals surface area (Å²) >= 11 is 0. The van der Waals surface area contributed by atoms with Gasteiger partial charge in [0.05, 0.1) is 34.3 Å². The molecule has 3 aromatic carbocycles. The van der Waals surface area contributed by atoms with Crippen molar-refractivity contribution in [2.45, 2.75) is 63.2 Å². The Labute approximate surface area is 296 Å². The molecule has 51 heavy (non-hydrogen) atoms. The van der Waals surface area contributed by atoms with Crippen molar-refractivity contribution < 1.29 is 29.7 Å². The Kier molecular flexibility index (Phi) is 8.84. The zero-order valence-corrected chi connectivity index (χ0v) is 29.3. The van der Waals surface area contributed by atoms with Crippen LogP contribution in [0, 0.1) is 16.7 Å². The predicted molar refractivity (Wildman–Crippen MR) is 193 cm³/mol. The van der Waals surface area contributed by atoms with Crippen molar-refractivity contribution in [2.75, 3.05) is 27.2 Å². The molecule has 0 bridgehead atoms. The highest BCUT2D eigenvalue weighted by Crippen LogP contribution is 2.59. The molecule has 0 aliphatic heterocycles. The Balaban J connectivity index is 1.59. The number of ketones is 2. The molecule has 0 spiro atoms. The first-order valence-corrected chi connectivity index (χ1v) is 17.1. The van der Waals surface area contributed by atoms with Crippen molar-refractivity contribution >= 4 is 34.0 Å². The molecule has 0 saturated heterocycles. The lowest BCUT2D eigenvalue weighted by molar-refractivity contribution is -0.139. The number of benzene rings is 3. The molecule has 4 atom stereocenters. The second-order valence-electron chi connectivity index (χ2n) is 14.4. The maximum Gasteiger partial charge on any atom is 0.255 e. The van der Waals surface area contributed by atoms with E-state index in [0.717, 1.165) is 54.4 Å². The Bertz CT molecular complexity index is 2110. The van der Waals surface area contributed by atoms with Gasteiger partial charge < -0.3 is 32.5 Å². The van der Waals surface area contributed by atoms with E-state index >= 15 is 0 Å². The molecule has 266 valence electrons. The lowest BCUT2D eigenvalue weighted by atomic mass is 9.47. The molecule has 0 radical (unpaired) electrons. The number of phenols is 1. The monoisotopic (exact) mass is 692 g/mol. The molecule has 9 N–H and O–H groups in total. The number of Topliss-reactive ketones (excluding diaryl/α,β-unsaturated/α-hetero) is 2. The first-order valence-electron chi connectivity index (χ1n) is 17.1. The van der Waals surface area contributed by atoms with E-state index in [1.807, 2.05) is 30.3 Å². The summed E-state index contributed by atoms with van der Waals surface area (Å²) in [5.74, 6) is -5.66. The van der Waals surface area contributed by atoms with Crippen LogP contribution < -0.4 is 17.2 Å². The molecule has 3 aliphatic rings. The van der Waals surface area contributed by atoms with E-state index in [9.17, 15) is 35.0 Å². The first kappa shape index (κ1) is 35.8. The number of phenolic OH excluding ortho intramolecular Hbond substituents is 1. The van der Waals surface area contributed by atoms with Gasteiger partial charge in [-0.25, -0.2) is 0 Å². The zero-order valence-electron chi connectivity index (χ0n) is 29.3. The van der Waals surface area contributed by atoms with E-state index < -0.39 is 69.1 Å². The fourth-order valence-electron chi connectivity index (χ4n) is 8.96. The Morgan fingerprint density at radius 3 is 2.18 bits per heavy atom. The number of fused-ring (bicyclic) bond motifs is 4. The number of carbonyl (C=O) groups is 3. The number of carbonyl (C=O) groups excluding carboxylic acids is 3. The number of aromatic hydroxyl groups is 1. The lowest BCUT2D eigenvalue weighted by Crippen LogP contribution is -2.80. The highest BCUT2D eigenvalue weighted by Gasteiger charge is 2.74. The summed E-state index contributed by atoms with van der Waals surface area (Å²) in [5.41, 5.74) is 14.6. The molecule has 3 aromatic rings. The van der Waals surface area contributed by atoms with Crippen LogP contribution in [0.3, 0.4) is 0 Å². The van der Waals surface area contributed by atoms with E-state index in [1.54, 1.807) is 6.07 Å². The average Bonchev–Trinajstić information content (AvgIpc) is 3.04. The van der Waals surface area contributed by atoms with Crippen molar-refractivity contribution in [2.24, 2.45) is 22.6 Å². The summed E-state index contributed by atoms with van der Waals surface area (Å²) in [6, 6.07) is 15.6. The van der Waals surface area contributed by atoms with Crippen LogP contribution in [-0.4, -0.2) is 86.9 Å². The van der Waals surface area contributed by atoms with Gasteiger partial charge in [0.25, 0.3) is 5.91 Å². The SMILES string of the molecule is CCCN(CCC)Cc1ccc(-c2ccc(O)c3c2C[C@@]2(N)C[C@@]4(N)[C@H](N(C)C)C(=O)C(C(N)=O)=C(O)[C@@]4(C#N)C(=O)C2=C3O)c2ccccc12. The predicted octanol–water partition coefficient (Wildman–Crippen LogP) is 3.35. The van der Waals surface area contributed by atoms with Gasteiger partial charge in [-0.05, 0) is 92.0 Å². The van der Waals surface area contributed by atoms with E-state index in [0.29, 0.717) is 11.1 Å². The van der Waals surface area contributed by atoms with Gasteiger partial charge in [0, 0.05) is 6.54 Å². The van der Waals surface area contributed by atoms with Gasteiger partial charge in [-0.15, -0.1) is 0 Å². The van der Waals surface area contributed by atoms with Crippen molar-refractivity contribution in [3.05, 3.63) is 82.1 Å². The van der Waals surface area contributed by atoms with Gasteiger partial charge in [-0.1, -0.05) is 56.3 Å². The van der Waals surface area contributed by atoms with Gasteiger partial charge in [0.15, 0.2) is 17.0 Å². The topological polar surface area (TPSA) is 220 Å². The second kappa shape index (κ2) is 12.6. The van der Waals surface area contributed by atoms with Crippen LogP contribution in [0.1, 0.15) is 49.8 Å². The number of likely N-dealkylation sites (N-methyl/N-ethyl adjacent to an activating group) is 1. The van der Waals surface area contributed by atoms with E-state index in [4.69, 9.17) is 17.2 Å². The number of nitrogens with zero attached hydrogens (tertiary/aromatic N) is 3. The number of aliphatic hydroxyl groups is 2. The molecule has 12 nitrogen and oxygen atoms in total. The van der Waals surface area contributed by atoms with Gasteiger partial charge >= 0.3 is 0 Å². The minimum absolute atomic E-state index is 0.0469. The van der Waals surface area contributed by atoms with Crippen LogP contribution in [0.15, 0.2) is 65.4 Å². The third kappa shape index (κ3) is 4.98. The third-order valence-corrected chi connectivity index (χ3v) is 10.9. The minimum atomic E-state index is -2.72. The molecular weight excluding hydrogens is 648 g/mol. The standard InChI is InChI=1S/C39H44N6O6/c1-5-15-45(16-6-2)18-21-11-12-24(23-10-8-7-9-22(21)23)25-13-14-27(46)28-26(25)17-37(42)19-39(43)33(44(3)4)32(48)29(36(41)51)34(49)38(39,20-40)35(50)30(37)31(28)47/h7-14,33,46-47,49H,5-6,15-19,42-43H2,1-4H3,(H2,41,51)/t33-,37-,38+,39-/m1/s1. The summed E-state index contributed by atoms with van der Waals surface area (Å²) in [4.78, 5) is 44.7. The summed E-state index contributed by atoms with van der Waals surface area (Å²) in [6.45, 7) is 7.02. The quantitative estimate of drug-likeness (QED) is 0.179. The van der Waals surface area contributed by atoms with Crippen molar-refractivity contribution in [1.82, 2.24) is 9.80 Å². The highest BCUT2D eigenvalue weighted by molar-refractivity contribution is 6.25. The smallest absolute Gasteiger partial charge is 0.255 e. The average molecular weight is 693 g/mol. The second-order valence-corrected chi connectivity index (χ2v) is 14.4. The third-order valence-electron chi connectivity index (χ3n) is 10.9. The van der Waals surface area contributed by atoms with Crippen molar-refractivity contribution in [3.8, 4) is 22.9 Å². The summed E-state index contributed by atoms with van der Waals surface area (Å²) < 4.78 is 0. The number of primary amides is 1. The number of hydrogen-bond donors (Lipinski definition) is 6. The highest BCUT2D eigenvalue weighted by atomic mass is 16.3. The largest absolute Gasteiger partial charge is 0.509 e. The summed E-state index contributed by atoms with van der Waals surface area (Å²) in [5, 5.41) is 47.3. The molecule has 6 rings (SSSR count). The van der Waals surface area contributed by atoms with E-state index in [1.165, 1.54) is 25.1 Å². The van der Waals surface area contributed by atoms with E-state index in [2.05, 4.69) is 30.9 Å². The normalized spacial score (nSPS) is 26.0. The fraction of sp³-hybridized carbons (Fsp3) is 0.385. The number of aliphatic hydroxyl groups excluding tert-OH is 2. The summed E-state index contributed by atoms with van der Waals surface area (Å²) in [6.07, 6.45) is 1.49. The number of nitrogens with two attached hydrogens (primary N) is 3. The number of rotatable bonds is 9. The summed E-state index contributed by atoms with van der Waals surface area (Å²) in [7, 11) is 2.98. The van der Waals surface area contributed by atoms with Gasteiger partial charge in [-0.3, -0.25) is 24.2 Å². The molecule has 0 aromatic heterocycles. The Morgan fingerprint density at radius 2 is 1.59 bits per heavy atom. The van der Waals surface area contributed by atoms with Crippen molar-refractivity contribution in [3.63, 3.8) is 0 Å². The molecule has 1 saturated carbocycles. The Morgan fingerprint density at radius 1 is 0.961 bits per heavy atom.